The lowest BCUT2D eigenvalue weighted by molar-refractivity contribution is 0.0992. The van der Waals surface area contributed by atoms with E-state index in [1.54, 1.807) is 22.9 Å². The third-order valence-electron chi connectivity index (χ3n) is 6.09. The van der Waals surface area contributed by atoms with Crippen LogP contribution in [-0.4, -0.2) is 28.4 Å². The lowest BCUT2D eigenvalue weighted by atomic mass is 9.89. The van der Waals surface area contributed by atoms with Gasteiger partial charge >= 0.3 is 0 Å². The fourth-order valence-electron chi connectivity index (χ4n) is 4.42. The fourth-order valence-corrected chi connectivity index (χ4v) is 4.65. The molecule has 3 aromatic carbocycles. The van der Waals surface area contributed by atoms with E-state index >= 15 is 0 Å². The number of hydrogen-bond donors (Lipinski definition) is 2. The van der Waals surface area contributed by atoms with Gasteiger partial charge < -0.3 is 20.5 Å². The molecule has 8 nitrogen and oxygen atoms in total. The summed E-state index contributed by atoms with van der Waals surface area (Å²) in [6, 6.07) is 16.6. The number of ether oxygens (including phenoxy) is 2. The number of anilines is 1. The van der Waals surface area contributed by atoms with Gasteiger partial charge in [-0.2, -0.15) is 5.10 Å². The number of carbonyl (C=O) groups is 2. The average molecular weight is 503 g/mol. The molecule has 0 unspecified atom stereocenters. The molecule has 2 aliphatic rings. The lowest BCUT2D eigenvalue weighted by Gasteiger charge is -2.18. The minimum Gasteiger partial charge on any atom is -0.454 e. The van der Waals surface area contributed by atoms with Gasteiger partial charge in [0, 0.05) is 22.8 Å². The first-order chi connectivity index (χ1) is 17.4. The molecule has 2 amide bonds. The topological polar surface area (TPSA) is 108 Å². The van der Waals surface area contributed by atoms with Gasteiger partial charge in [-0.3, -0.25) is 9.59 Å². The highest BCUT2D eigenvalue weighted by Gasteiger charge is 2.29. The van der Waals surface area contributed by atoms with Gasteiger partial charge in [0.15, 0.2) is 17.2 Å². The number of primary amides is 1. The average Bonchev–Trinajstić information content (AvgIpc) is 3.48. The van der Waals surface area contributed by atoms with Crippen molar-refractivity contribution in [2.24, 2.45) is 5.73 Å². The number of rotatable bonds is 4. The summed E-state index contributed by atoms with van der Waals surface area (Å²) >= 11 is 6.29. The summed E-state index contributed by atoms with van der Waals surface area (Å²) in [6.45, 7) is 0.0572. The van der Waals surface area contributed by atoms with Crippen LogP contribution in [0.25, 0.3) is 16.9 Å². The maximum Gasteiger partial charge on any atom is 0.269 e. The number of halogens is 2. The van der Waals surface area contributed by atoms with Crippen LogP contribution in [0.1, 0.15) is 32.0 Å². The lowest BCUT2D eigenvalue weighted by Crippen LogP contribution is -2.15. The van der Waals surface area contributed by atoms with E-state index < -0.39 is 17.6 Å². The summed E-state index contributed by atoms with van der Waals surface area (Å²) in [5, 5.41) is 7.44. The molecule has 10 heteroatoms. The minimum atomic E-state index is -0.659. The smallest absolute Gasteiger partial charge is 0.269 e. The fraction of sp³-hybridized carbons (Fsp3) is 0.115. The van der Waals surface area contributed by atoms with Gasteiger partial charge in [0.25, 0.3) is 11.8 Å². The van der Waals surface area contributed by atoms with Crippen LogP contribution in [0.3, 0.4) is 0 Å². The van der Waals surface area contributed by atoms with Crippen molar-refractivity contribution in [3.8, 4) is 28.4 Å². The number of aromatic nitrogens is 2. The molecule has 1 aromatic heterocycles. The van der Waals surface area contributed by atoms with Gasteiger partial charge in [-0.1, -0.05) is 17.7 Å². The molecular formula is C26H16ClFN4O4. The largest absolute Gasteiger partial charge is 0.454 e. The first-order valence-corrected chi connectivity index (χ1v) is 11.3. The number of nitrogens with one attached hydrogen (secondary N) is 1. The Morgan fingerprint density at radius 1 is 1.08 bits per heavy atom. The van der Waals surface area contributed by atoms with E-state index in [9.17, 15) is 14.0 Å². The van der Waals surface area contributed by atoms with Crippen molar-refractivity contribution < 1.29 is 23.5 Å². The zero-order chi connectivity index (χ0) is 25.0. The number of hydrogen-bond acceptors (Lipinski definition) is 5. The number of nitrogens with zero attached hydrogens (tertiary/aromatic N) is 2. The first kappa shape index (κ1) is 21.9. The molecule has 1 aliphatic carbocycles. The van der Waals surface area contributed by atoms with Crippen molar-refractivity contribution in [1.29, 1.82) is 0 Å². The Labute approximate surface area is 209 Å². The van der Waals surface area contributed by atoms with Gasteiger partial charge in [0.05, 0.1) is 27.7 Å². The van der Waals surface area contributed by atoms with Crippen molar-refractivity contribution >= 4 is 29.1 Å². The minimum absolute atomic E-state index is 0.0572. The predicted molar refractivity (Wildman–Crippen MR) is 128 cm³/mol. The SMILES string of the molecule is NC(=O)c1nn(-c2ccc(F)cc2)c2c1CCc1c#cc(NC(=O)c3cc4c(cc3Cl)OCO4)cc1-2. The monoisotopic (exact) mass is 502 g/mol. The van der Waals surface area contributed by atoms with E-state index in [2.05, 4.69) is 22.5 Å². The third kappa shape index (κ3) is 3.59. The molecule has 0 bridgehead atoms. The van der Waals surface area contributed by atoms with Crippen LogP contribution in [0.2, 0.25) is 5.02 Å². The second-order valence-corrected chi connectivity index (χ2v) is 8.68. The maximum absolute atomic E-state index is 13.6. The number of carbonyl (C=O) groups excluding carboxylic acids is 2. The summed E-state index contributed by atoms with van der Waals surface area (Å²) in [5.41, 5.74) is 9.69. The Balaban J connectivity index is 1.41. The number of amides is 2. The van der Waals surface area contributed by atoms with E-state index in [1.807, 2.05) is 0 Å². The van der Waals surface area contributed by atoms with Crippen LogP contribution in [0.5, 0.6) is 11.5 Å². The Kier molecular flexibility index (Phi) is 5.05. The third-order valence-corrected chi connectivity index (χ3v) is 6.40. The molecule has 0 fully saturated rings. The molecule has 0 saturated carbocycles. The molecule has 0 atom stereocenters. The van der Waals surface area contributed by atoms with E-state index in [1.165, 1.54) is 24.3 Å². The van der Waals surface area contributed by atoms with Crippen LogP contribution in [-0.2, 0) is 12.8 Å². The second kappa shape index (κ2) is 8.29. The number of fused-ring (bicyclic) bond motifs is 4. The zero-order valence-electron chi connectivity index (χ0n) is 18.5. The molecule has 0 saturated heterocycles. The van der Waals surface area contributed by atoms with Crippen LogP contribution >= 0.6 is 11.6 Å². The molecular weight excluding hydrogens is 487 g/mol. The molecule has 6 rings (SSSR count). The summed E-state index contributed by atoms with van der Waals surface area (Å²) < 4.78 is 25.7. The maximum atomic E-state index is 13.6. The van der Waals surface area contributed by atoms with Crippen LogP contribution in [0.4, 0.5) is 10.1 Å². The van der Waals surface area contributed by atoms with Crippen molar-refractivity contribution in [2.75, 3.05) is 12.1 Å². The number of nitrogens with two attached hydrogens (primary N) is 1. The number of benzene rings is 2. The highest BCUT2D eigenvalue weighted by atomic mass is 35.5. The second-order valence-electron chi connectivity index (χ2n) is 8.27. The molecule has 0 radical (unpaired) electrons. The van der Waals surface area contributed by atoms with E-state index in [0.717, 1.165) is 5.56 Å². The van der Waals surface area contributed by atoms with Crippen LogP contribution < -0.4 is 20.5 Å². The molecule has 178 valence electrons. The Hall–Kier alpha value is -4.55. The van der Waals surface area contributed by atoms with Gasteiger partial charge in [0.2, 0.25) is 6.79 Å². The normalized spacial score (nSPS) is 12.9. The quantitative estimate of drug-likeness (QED) is 0.436. The predicted octanol–water partition coefficient (Wildman–Crippen LogP) is 4.11. The first-order valence-electron chi connectivity index (χ1n) is 10.9. The molecule has 2 heterocycles. The zero-order valence-corrected chi connectivity index (χ0v) is 19.3. The highest BCUT2D eigenvalue weighted by Crippen LogP contribution is 2.39. The molecule has 36 heavy (non-hydrogen) atoms. The van der Waals surface area contributed by atoms with E-state index in [-0.39, 0.29) is 23.1 Å². The van der Waals surface area contributed by atoms with Gasteiger partial charge in [-0.15, -0.1) is 0 Å². The summed E-state index contributed by atoms with van der Waals surface area (Å²) in [7, 11) is 0. The van der Waals surface area contributed by atoms with Crippen molar-refractivity contribution in [2.45, 2.75) is 12.8 Å². The van der Waals surface area contributed by atoms with E-state index in [0.29, 0.717) is 52.5 Å². The Morgan fingerprint density at radius 3 is 2.58 bits per heavy atom. The van der Waals surface area contributed by atoms with Gasteiger partial charge in [-0.25, -0.2) is 9.07 Å². The van der Waals surface area contributed by atoms with Crippen molar-refractivity contribution in [3.63, 3.8) is 0 Å². The summed E-state index contributed by atoms with van der Waals surface area (Å²) in [5.74, 6) is -0.628. The summed E-state index contributed by atoms with van der Waals surface area (Å²) in [4.78, 5) is 25.2. The van der Waals surface area contributed by atoms with Crippen LogP contribution in [0, 0.1) is 17.9 Å². The molecule has 1 aliphatic heterocycles. The van der Waals surface area contributed by atoms with E-state index in [4.69, 9.17) is 26.8 Å². The molecule has 3 N–H and O–H groups in total. The highest BCUT2D eigenvalue weighted by molar-refractivity contribution is 6.34. The molecule has 4 aromatic rings. The standard InChI is InChI=1S/C26H16ClFN4O4/c27-20-11-22-21(35-12-36-22)10-19(20)26(34)30-15-5-1-13-2-8-17-23(25(29)33)31-32(24(17)18(13)9-15)16-6-3-14(28)4-7-16/h3-4,6-7,9-11H,2,8,12H2,(H2,29,33)(H,30,34). The Morgan fingerprint density at radius 2 is 1.83 bits per heavy atom. The van der Waals surface area contributed by atoms with Gasteiger partial charge in [0.1, 0.15) is 5.82 Å². The van der Waals surface area contributed by atoms with Crippen LogP contribution in [0.15, 0.2) is 42.5 Å². The van der Waals surface area contributed by atoms with Crippen molar-refractivity contribution in [3.05, 3.63) is 87.8 Å². The summed E-state index contributed by atoms with van der Waals surface area (Å²) in [6.07, 6.45) is 1.10. The van der Waals surface area contributed by atoms with Gasteiger partial charge in [-0.05, 0) is 55.3 Å². The Bertz CT molecular complexity index is 1570. The molecule has 0 spiro atoms. The van der Waals surface area contributed by atoms with Crippen molar-refractivity contribution in [1.82, 2.24) is 9.78 Å².